The van der Waals surface area contributed by atoms with Crippen LogP contribution in [0.1, 0.15) is 38.3 Å². The van der Waals surface area contributed by atoms with Crippen LogP contribution in [0.25, 0.3) is 0 Å². The van der Waals surface area contributed by atoms with Crippen molar-refractivity contribution in [3.63, 3.8) is 0 Å². The van der Waals surface area contributed by atoms with Crippen molar-refractivity contribution in [3.8, 4) is 5.75 Å². The van der Waals surface area contributed by atoms with Crippen LogP contribution in [0.3, 0.4) is 0 Å². The lowest BCUT2D eigenvalue weighted by Gasteiger charge is -2.33. The Labute approximate surface area is 110 Å². The van der Waals surface area contributed by atoms with Gasteiger partial charge < -0.3 is 15.3 Å². The summed E-state index contributed by atoms with van der Waals surface area (Å²) in [6, 6.07) is 8.44. The molecule has 0 amide bonds. The summed E-state index contributed by atoms with van der Waals surface area (Å²) in [6.07, 6.45) is 2.44. The highest BCUT2D eigenvalue weighted by Crippen LogP contribution is 2.20. The molecule has 2 rings (SSSR count). The molecule has 1 unspecified atom stereocenters. The zero-order chi connectivity index (χ0) is 13.0. The number of phenolic OH excluding ortho intramolecular Hbond substituents is 1. The fourth-order valence-corrected chi connectivity index (χ4v) is 2.66. The van der Waals surface area contributed by atoms with Crippen molar-refractivity contribution in [3.05, 3.63) is 29.8 Å². The summed E-state index contributed by atoms with van der Waals surface area (Å²) in [5, 5.41) is 13.2. The number of benzene rings is 1. The molecule has 1 aromatic carbocycles. The van der Waals surface area contributed by atoms with Crippen LogP contribution in [0.2, 0.25) is 0 Å². The Kier molecular flexibility index (Phi) is 4.61. The Balaban J connectivity index is 1.86. The van der Waals surface area contributed by atoms with Gasteiger partial charge in [0.05, 0.1) is 0 Å². The number of nitrogens with one attached hydrogen (secondary N) is 1. The normalized spacial score (nSPS) is 19.9. The van der Waals surface area contributed by atoms with E-state index in [-0.39, 0.29) is 0 Å². The van der Waals surface area contributed by atoms with Crippen molar-refractivity contribution in [2.45, 2.75) is 38.8 Å². The molecule has 1 atom stereocenters. The van der Waals surface area contributed by atoms with Crippen molar-refractivity contribution in [1.29, 1.82) is 0 Å². The zero-order valence-electron chi connectivity index (χ0n) is 11.4. The van der Waals surface area contributed by atoms with Crippen LogP contribution in [0.15, 0.2) is 24.3 Å². The second-order valence-electron chi connectivity index (χ2n) is 5.19. The summed E-state index contributed by atoms with van der Waals surface area (Å²) in [7, 11) is 0. The minimum absolute atomic E-state index is 0.301. The molecule has 1 aliphatic rings. The first-order chi connectivity index (χ1) is 8.69. The molecule has 18 heavy (non-hydrogen) atoms. The molecule has 3 nitrogen and oxygen atoms in total. The molecule has 1 fully saturated rings. The van der Waals surface area contributed by atoms with E-state index in [4.69, 9.17) is 0 Å². The number of nitrogens with zero attached hydrogens (tertiary/aromatic N) is 1. The van der Waals surface area contributed by atoms with E-state index in [1.54, 1.807) is 6.07 Å². The molecule has 3 heteroatoms. The van der Waals surface area contributed by atoms with Gasteiger partial charge in [0.15, 0.2) is 0 Å². The van der Waals surface area contributed by atoms with Gasteiger partial charge in [0.2, 0.25) is 0 Å². The van der Waals surface area contributed by atoms with Crippen LogP contribution in [-0.2, 0) is 0 Å². The largest absolute Gasteiger partial charge is 0.508 e. The standard InChI is InChI=1S/C15H24N2O/c1-3-17-9-7-14(8-10-17)16-12(2)13-5-4-6-15(18)11-13/h4-6,11-12,14,16,18H,3,7-10H2,1-2H3. The zero-order valence-corrected chi connectivity index (χ0v) is 11.4. The molecule has 1 aliphatic heterocycles. The Morgan fingerprint density at radius 3 is 2.72 bits per heavy atom. The van der Waals surface area contributed by atoms with Crippen molar-refractivity contribution in [1.82, 2.24) is 10.2 Å². The van der Waals surface area contributed by atoms with E-state index in [0.717, 1.165) is 12.1 Å². The molecule has 0 saturated carbocycles. The van der Waals surface area contributed by atoms with Crippen LogP contribution in [0.4, 0.5) is 0 Å². The van der Waals surface area contributed by atoms with Crippen molar-refractivity contribution in [2.24, 2.45) is 0 Å². The van der Waals surface area contributed by atoms with E-state index in [0.29, 0.717) is 17.8 Å². The number of piperidine rings is 1. The van der Waals surface area contributed by atoms with E-state index in [2.05, 4.69) is 30.1 Å². The molecule has 1 aromatic rings. The van der Waals surface area contributed by atoms with Gasteiger partial charge in [-0.2, -0.15) is 0 Å². The Morgan fingerprint density at radius 1 is 1.39 bits per heavy atom. The van der Waals surface area contributed by atoms with Gasteiger partial charge in [0.25, 0.3) is 0 Å². The third-order valence-electron chi connectivity index (χ3n) is 3.89. The van der Waals surface area contributed by atoms with Gasteiger partial charge in [-0.3, -0.25) is 0 Å². The lowest BCUT2D eigenvalue weighted by atomic mass is 10.0. The van der Waals surface area contributed by atoms with Gasteiger partial charge in [0, 0.05) is 12.1 Å². The second kappa shape index (κ2) is 6.21. The van der Waals surface area contributed by atoms with Gasteiger partial charge in [-0.15, -0.1) is 0 Å². The Bertz CT molecular complexity index is 373. The highest BCUT2D eigenvalue weighted by atomic mass is 16.3. The van der Waals surface area contributed by atoms with Gasteiger partial charge in [-0.05, 0) is 57.1 Å². The summed E-state index contributed by atoms with van der Waals surface area (Å²) in [5.41, 5.74) is 1.16. The molecular formula is C15H24N2O. The third kappa shape index (κ3) is 3.47. The Hall–Kier alpha value is -1.06. The minimum Gasteiger partial charge on any atom is -0.508 e. The second-order valence-corrected chi connectivity index (χ2v) is 5.19. The third-order valence-corrected chi connectivity index (χ3v) is 3.89. The molecule has 0 aromatic heterocycles. The molecule has 100 valence electrons. The number of hydrogen-bond donors (Lipinski definition) is 2. The summed E-state index contributed by atoms with van der Waals surface area (Å²) in [6.45, 7) is 7.95. The van der Waals surface area contributed by atoms with Crippen LogP contribution in [0.5, 0.6) is 5.75 Å². The fraction of sp³-hybridized carbons (Fsp3) is 0.600. The molecule has 0 bridgehead atoms. The summed E-state index contributed by atoms with van der Waals surface area (Å²) in [5.74, 6) is 0.349. The number of hydrogen-bond acceptors (Lipinski definition) is 3. The topological polar surface area (TPSA) is 35.5 Å². The van der Waals surface area contributed by atoms with E-state index in [1.165, 1.54) is 25.9 Å². The monoisotopic (exact) mass is 248 g/mol. The van der Waals surface area contributed by atoms with Gasteiger partial charge in [-0.1, -0.05) is 19.1 Å². The number of rotatable bonds is 4. The first-order valence-electron chi connectivity index (χ1n) is 6.96. The fourth-order valence-electron chi connectivity index (χ4n) is 2.66. The van der Waals surface area contributed by atoms with E-state index in [1.807, 2.05) is 12.1 Å². The van der Waals surface area contributed by atoms with Crippen molar-refractivity contribution < 1.29 is 5.11 Å². The maximum atomic E-state index is 9.50. The van der Waals surface area contributed by atoms with Gasteiger partial charge in [-0.25, -0.2) is 0 Å². The number of phenols is 1. The lowest BCUT2D eigenvalue weighted by Crippen LogP contribution is -2.43. The van der Waals surface area contributed by atoms with E-state index < -0.39 is 0 Å². The van der Waals surface area contributed by atoms with Crippen molar-refractivity contribution in [2.75, 3.05) is 19.6 Å². The predicted octanol–water partition coefficient (Wildman–Crippen LogP) is 2.53. The highest BCUT2D eigenvalue weighted by molar-refractivity contribution is 5.29. The first kappa shape index (κ1) is 13.4. The smallest absolute Gasteiger partial charge is 0.115 e. The van der Waals surface area contributed by atoms with Crippen molar-refractivity contribution >= 4 is 0 Å². The maximum Gasteiger partial charge on any atom is 0.115 e. The molecule has 2 N–H and O–H groups in total. The van der Waals surface area contributed by atoms with Crippen LogP contribution in [-0.4, -0.2) is 35.7 Å². The van der Waals surface area contributed by atoms with Crippen LogP contribution >= 0.6 is 0 Å². The van der Waals surface area contributed by atoms with Crippen LogP contribution < -0.4 is 5.32 Å². The molecule has 0 aliphatic carbocycles. The molecule has 1 heterocycles. The van der Waals surface area contributed by atoms with E-state index >= 15 is 0 Å². The predicted molar refractivity (Wildman–Crippen MR) is 74.8 cm³/mol. The highest BCUT2D eigenvalue weighted by Gasteiger charge is 2.19. The average molecular weight is 248 g/mol. The molecular weight excluding hydrogens is 224 g/mol. The van der Waals surface area contributed by atoms with Crippen LogP contribution in [0, 0.1) is 0 Å². The van der Waals surface area contributed by atoms with Gasteiger partial charge >= 0.3 is 0 Å². The summed E-state index contributed by atoms with van der Waals surface area (Å²) >= 11 is 0. The SMILES string of the molecule is CCN1CCC(NC(C)c2cccc(O)c2)CC1. The molecule has 0 spiro atoms. The number of aromatic hydroxyl groups is 1. The lowest BCUT2D eigenvalue weighted by molar-refractivity contribution is 0.200. The Morgan fingerprint density at radius 2 is 2.11 bits per heavy atom. The quantitative estimate of drug-likeness (QED) is 0.859. The number of likely N-dealkylation sites (tertiary alicyclic amines) is 1. The summed E-state index contributed by atoms with van der Waals surface area (Å²) < 4.78 is 0. The summed E-state index contributed by atoms with van der Waals surface area (Å²) in [4.78, 5) is 2.50. The van der Waals surface area contributed by atoms with Gasteiger partial charge in [0.1, 0.15) is 5.75 Å². The maximum absolute atomic E-state index is 9.50. The van der Waals surface area contributed by atoms with E-state index in [9.17, 15) is 5.11 Å². The molecule has 0 radical (unpaired) electrons. The molecule has 1 saturated heterocycles. The average Bonchev–Trinajstić information content (AvgIpc) is 2.39. The minimum atomic E-state index is 0.301. The first-order valence-corrected chi connectivity index (χ1v) is 6.96.